The zero-order valence-corrected chi connectivity index (χ0v) is 18.0. The van der Waals surface area contributed by atoms with Gasteiger partial charge in [-0.2, -0.15) is 4.98 Å². The fourth-order valence-electron chi connectivity index (χ4n) is 4.24. The van der Waals surface area contributed by atoms with Crippen LogP contribution in [-0.2, 0) is 18.5 Å². The Morgan fingerprint density at radius 3 is 2.68 bits per heavy atom. The fourth-order valence-corrected chi connectivity index (χ4v) is 4.24. The standard InChI is InChI=1S/C21H27N7O3/c1-13(2)25-20(31)28-7-5-21(12-28)4-6-27-11-16(18(30)26-19(21)27)17(29)24-10-15-9-22-14(3)8-23-15/h8-9,11,13H,4-7,10,12H2,1-3H3,(H,24,29)(H,25,31)/t21-/m0/s1. The maximum absolute atomic E-state index is 12.7. The largest absolute Gasteiger partial charge is 0.346 e. The van der Waals surface area contributed by atoms with E-state index in [0.29, 0.717) is 31.2 Å². The van der Waals surface area contributed by atoms with Gasteiger partial charge in [0.05, 0.1) is 24.1 Å². The number of fused-ring (bicyclic) bond motifs is 2. The molecule has 1 saturated heterocycles. The van der Waals surface area contributed by atoms with Gasteiger partial charge in [-0.3, -0.25) is 19.6 Å². The number of rotatable bonds is 4. The van der Waals surface area contributed by atoms with Crippen molar-refractivity contribution in [2.45, 2.75) is 58.2 Å². The van der Waals surface area contributed by atoms with Gasteiger partial charge in [-0.05, 0) is 33.6 Å². The van der Waals surface area contributed by atoms with Crippen molar-refractivity contribution < 1.29 is 9.59 Å². The zero-order valence-electron chi connectivity index (χ0n) is 18.0. The van der Waals surface area contributed by atoms with Crippen LogP contribution in [0.5, 0.6) is 0 Å². The van der Waals surface area contributed by atoms with E-state index in [0.717, 1.165) is 18.5 Å². The van der Waals surface area contributed by atoms with E-state index in [-0.39, 0.29) is 29.6 Å². The van der Waals surface area contributed by atoms with Gasteiger partial charge in [0.2, 0.25) is 0 Å². The third-order valence-electron chi connectivity index (χ3n) is 5.86. The molecule has 0 unspecified atom stereocenters. The second-order valence-electron chi connectivity index (χ2n) is 8.61. The Morgan fingerprint density at radius 2 is 1.97 bits per heavy atom. The van der Waals surface area contributed by atoms with Crippen molar-refractivity contribution in [1.29, 1.82) is 0 Å². The smallest absolute Gasteiger partial charge is 0.317 e. The van der Waals surface area contributed by atoms with Crippen molar-refractivity contribution in [3.8, 4) is 0 Å². The molecule has 10 heteroatoms. The molecule has 164 valence electrons. The van der Waals surface area contributed by atoms with Crippen LogP contribution < -0.4 is 16.2 Å². The molecule has 31 heavy (non-hydrogen) atoms. The molecule has 0 saturated carbocycles. The minimum atomic E-state index is -0.551. The van der Waals surface area contributed by atoms with Gasteiger partial charge in [-0.15, -0.1) is 0 Å². The van der Waals surface area contributed by atoms with Crippen LogP contribution in [0, 0.1) is 6.92 Å². The van der Waals surface area contributed by atoms with Gasteiger partial charge in [-0.1, -0.05) is 0 Å². The molecule has 4 rings (SSSR count). The second kappa shape index (κ2) is 8.09. The molecular formula is C21H27N7O3. The van der Waals surface area contributed by atoms with Gasteiger partial charge in [0, 0.05) is 43.5 Å². The van der Waals surface area contributed by atoms with Crippen LogP contribution in [-0.4, -0.2) is 55.5 Å². The first-order chi connectivity index (χ1) is 14.8. The molecule has 2 aromatic heterocycles. The summed E-state index contributed by atoms with van der Waals surface area (Å²) in [4.78, 5) is 52.1. The summed E-state index contributed by atoms with van der Waals surface area (Å²) in [6.07, 6.45) is 6.34. The van der Waals surface area contributed by atoms with Crippen LogP contribution in [0.1, 0.15) is 54.3 Å². The first-order valence-electron chi connectivity index (χ1n) is 10.5. The molecule has 0 aromatic carbocycles. The Morgan fingerprint density at radius 1 is 1.19 bits per heavy atom. The average molecular weight is 425 g/mol. The van der Waals surface area contributed by atoms with Gasteiger partial charge in [0.15, 0.2) is 0 Å². The van der Waals surface area contributed by atoms with Crippen molar-refractivity contribution in [2.24, 2.45) is 0 Å². The summed E-state index contributed by atoms with van der Waals surface area (Å²) in [5.41, 5.74) is 0.522. The molecule has 1 spiro atoms. The summed E-state index contributed by atoms with van der Waals surface area (Å²) < 4.78 is 1.88. The summed E-state index contributed by atoms with van der Waals surface area (Å²) >= 11 is 0. The minimum Gasteiger partial charge on any atom is -0.346 e. The highest BCUT2D eigenvalue weighted by molar-refractivity contribution is 5.93. The number of nitrogens with zero attached hydrogens (tertiary/aromatic N) is 5. The van der Waals surface area contributed by atoms with Gasteiger partial charge in [0.1, 0.15) is 11.4 Å². The Labute approximate surface area is 180 Å². The summed E-state index contributed by atoms with van der Waals surface area (Å²) in [5.74, 6) is 0.179. The Bertz CT molecular complexity index is 1060. The van der Waals surface area contributed by atoms with E-state index in [9.17, 15) is 14.4 Å². The molecule has 2 aliphatic rings. The van der Waals surface area contributed by atoms with Crippen molar-refractivity contribution >= 4 is 11.9 Å². The Kier molecular flexibility index (Phi) is 5.47. The van der Waals surface area contributed by atoms with Crippen LogP contribution in [0.2, 0.25) is 0 Å². The van der Waals surface area contributed by atoms with Crippen molar-refractivity contribution in [3.05, 3.63) is 51.7 Å². The number of aryl methyl sites for hydroxylation is 2. The number of likely N-dealkylation sites (tertiary alicyclic amines) is 1. The predicted molar refractivity (Wildman–Crippen MR) is 113 cm³/mol. The molecular weight excluding hydrogens is 398 g/mol. The third-order valence-corrected chi connectivity index (χ3v) is 5.86. The molecule has 2 N–H and O–H groups in total. The third kappa shape index (κ3) is 4.14. The van der Waals surface area contributed by atoms with Crippen LogP contribution in [0.4, 0.5) is 4.79 Å². The number of aromatic nitrogens is 4. The van der Waals surface area contributed by atoms with Crippen LogP contribution in [0.25, 0.3) is 0 Å². The van der Waals surface area contributed by atoms with E-state index >= 15 is 0 Å². The molecule has 1 atom stereocenters. The quantitative estimate of drug-likeness (QED) is 0.745. The number of nitrogens with one attached hydrogen (secondary N) is 2. The zero-order chi connectivity index (χ0) is 22.2. The van der Waals surface area contributed by atoms with Crippen molar-refractivity contribution in [3.63, 3.8) is 0 Å². The first kappa shape index (κ1) is 21.0. The fraction of sp³-hybridized carbons (Fsp3) is 0.524. The summed E-state index contributed by atoms with van der Waals surface area (Å²) in [5, 5.41) is 5.63. The summed E-state index contributed by atoms with van der Waals surface area (Å²) in [7, 11) is 0. The van der Waals surface area contributed by atoms with Crippen molar-refractivity contribution in [2.75, 3.05) is 13.1 Å². The van der Waals surface area contributed by atoms with Gasteiger partial charge < -0.3 is 20.1 Å². The first-order valence-corrected chi connectivity index (χ1v) is 10.5. The molecule has 2 aliphatic heterocycles. The molecule has 2 aromatic rings. The Hall–Kier alpha value is -3.30. The van der Waals surface area contributed by atoms with E-state index in [1.165, 1.54) is 0 Å². The van der Waals surface area contributed by atoms with E-state index in [1.54, 1.807) is 23.5 Å². The topological polar surface area (TPSA) is 122 Å². The predicted octanol–water partition coefficient (Wildman–Crippen LogP) is 0.737. The SMILES string of the molecule is Cc1cnc(CNC(=O)c2cn3c(nc2=O)[C@]2(CCN(C(=O)NC(C)C)C2)CC3)cn1. The highest BCUT2D eigenvalue weighted by atomic mass is 16.2. The molecule has 0 aliphatic carbocycles. The van der Waals surface area contributed by atoms with Gasteiger partial charge >= 0.3 is 6.03 Å². The van der Waals surface area contributed by atoms with Gasteiger partial charge in [-0.25, -0.2) is 4.79 Å². The maximum Gasteiger partial charge on any atom is 0.317 e. The van der Waals surface area contributed by atoms with E-state index < -0.39 is 11.5 Å². The number of carbonyl (C=O) groups is 2. The second-order valence-corrected chi connectivity index (χ2v) is 8.61. The maximum atomic E-state index is 12.7. The lowest BCUT2D eigenvalue weighted by Gasteiger charge is -2.24. The van der Waals surface area contributed by atoms with Crippen LogP contribution >= 0.6 is 0 Å². The number of urea groups is 1. The number of carbonyl (C=O) groups excluding carboxylic acids is 2. The molecule has 1 fully saturated rings. The van der Waals surface area contributed by atoms with Gasteiger partial charge in [0.25, 0.3) is 11.5 Å². The van der Waals surface area contributed by atoms with E-state index in [1.807, 2.05) is 25.3 Å². The summed E-state index contributed by atoms with van der Waals surface area (Å²) in [6, 6.07) is -0.0319. The lowest BCUT2D eigenvalue weighted by molar-refractivity contribution is 0.0948. The normalized spacial score (nSPS) is 19.7. The summed E-state index contributed by atoms with van der Waals surface area (Å²) in [6.45, 7) is 7.66. The average Bonchev–Trinajstić information content (AvgIpc) is 3.31. The van der Waals surface area contributed by atoms with Crippen molar-refractivity contribution in [1.82, 2.24) is 35.1 Å². The number of hydrogen-bond acceptors (Lipinski definition) is 6. The number of hydrogen-bond donors (Lipinski definition) is 2. The highest BCUT2D eigenvalue weighted by Gasteiger charge is 2.47. The Balaban J connectivity index is 1.49. The monoisotopic (exact) mass is 425 g/mol. The highest BCUT2D eigenvalue weighted by Crippen LogP contribution is 2.41. The van der Waals surface area contributed by atoms with E-state index in [2.05, 4.69) is 25.6 Å². The molecule has 3 amide bonds. The lowest BCUT2D eigenvalue weighted by Crippen LogP contribution is -2.43. The van der Waals surface area contributed by atoms with Crippen LogP contribution in [0.15, 0.2) is 23.4 Å². The molecule has 10 nitrogen and oxygen atoms in total. The molecule has 0 bridgehead atoms. The molecule has 0 radical (unpaired) electrons. The van der Waals surface area contributed by atoms with Crippen LogP contribution in [0.3, 0.4) is 0 Å². The minimum absolute atomic E-state index is 0.00766. The van der Waals surface area contributed by atoms with E-state index in [4.69, 9.17) is 0 Å². The number of amides is 3. The molecule has 4 heterocycles. The lowest BCUT2D eigenvalue weighted by atomic mass is 9.85.